The van der Waals surface area contributed by atoms with E-state index in [1.165, 1.54) is 13.3 Å². The predicted octanol–water partition coefficient (Wildman–Crippen LogP) is 3.72. The number of hydrogen-bond acceptors (Lipinski definition) is 5. The van der Waals surface area contributed by atoms with E-state index in [1.807, 2.05) is 26.8 Å². The molecule has 3 amide bonds. The first-order valence-electron chi connectivity index (χ1n) is 10.8. The quantitative estimate of drug-likeness (QED) is 0.546. The number of amides is 3. The van der Waals surface area contributed by atoms with Crippen LogP contribution in [0.1, 0.15) is 32.4 Å². The molecule has 0 aliphatic heterocycles. The van der Waals surface area contributed by atoms with E-state index in [2.05, 4.69) is 15.6 Å². The molecule has 0 saturated carbocycles. The Morgan fingerprint density at radius 3 is 2.24 bits per heavy atom. The molecule has 2 aromatic carbocycles. The molecule has 1 atom stereocenters. The number of para-hydroxylation sites is 2. The van der Waals surface area contributed by atoms with Crippen LogP contribution >= 0.6 is 0 Å². The van der Waals surface area contributed by atoms with Crippen molar-refractivity contribution < 1.29 is 19.1 Å². The van der Waals surface area contributed by atoms with Crippen molar-refractivity contribution in [1.82, 2.24) is 10.3 Å². The monoisotopic (exact) mass is 460 g/mol. The Balaban J connectivity index is 2.06. The van der Waals surface area contributed by atoms with Gasteiger partial charge in [-0.1, -0.05) is 42.5 Å². The van der Waals surface area contributed by atoms with Gasteiger partial charge in [0.1, 0.15) is 11.8 Å². The van der Waals surface area contributed by atoms with Gasteiger partial charge in [-0.15, -0.1) is 0 Å². The number of aromatic nitrogens is 1. The first-order chi connectivity index (χ1) is 16.2. The maximum absolute atomic E-state index is 13.6. The lowest BCUT2D eigenvalue weighted by molar-refractivity contribution is -0.136. The number of ether oxygens (including phenoxy) is 1. The number of hydrogen-bond donors (Lipinski definition) is 2. The van der Waals surface area contributed by atoms with E-state index in [0.29, 0.717) is 22.7 Å². The van der Waals surface area contributed by atoms with Gasteiger partial charge in [-0.3, -0.25) is 24.3 Å². The van der Waals surface area contributed by atoms with E-state index >= 15 is 0 Å². The van der Waals surface area contributed by atoms with Crippen molar-refractivity contribution in [2.45, 2.75) is 32.4 Å². The van der Waals surface area contributed by atoms with Gasteiger partial charge in [-0.05, 0) is 50.6 Å². The molecule has 0 spiro atoms. The second-order valence-electron chi connectivity index (χ2n) is 8.59. The van der Waals surface area contributed by atoms with Crippen LogP contribution in [-0.4, -0.2) is 35.4 Å². The van der Waals surface area contributed by atoms with Crippen LogP contribution in [0.3, 0.4) is 0 Å². The summed E-state index contributed by atoms with van der Waals surface area (Å²) in [7, 11) is 1.47. The fourth-order valence-corrected chi connectivity index (χ4v) is 3.40. The van der Waals surface area contributed by atoms with Gasteiger partial charge in [-0.2, -0.15) is 0 Å². The van der Waals surface area contributed by atoms with Crippen LogP contribution in [0.25, 0.3) is 0 Å². The fourth-order valence-electron chi connectivity index (χ4n) is 3.40. The van der Waals surface area contributed by atoms with E-state index in [9.17, 15) is 14.4 Å². The molecule has 0 saturated heterocycles. The molecule has 0 unspecified atom stereocenters. The molecule has 34 heavy (non-hydrogen) atoms. The molecule has 1 heterocycles. The first-order valence-corrected chi connectivity index (χ1v) is 10.8. The molecule has 0 bridgehead atoms. The van der Waals surface area contributed by atoms with Crippen molar-refractivity contribution in [3.63, 3.8) is 0 Å². The highest BCUT2D eigenvalue weighted by Crippen LogP contribution is 2.29. The van der Waals surface area contributed by atoms with Crippen molar-refractivity contribution in [3.05, 3.63) is 84.7 Å². The lowest BCUT2D eigenvalue weighted by atomic mass is 10.0. The zero-order valence-electron chi connectivity index (χ0n) is 19.6. The van der Waals surface area contributed by atoms with Gasteiger partial charge in [0.05, 0.1) is 24.7 Å². The third-order valence-electron chi connectivity index (χ3n) is 4.81. The van der Waals surface area contributed by atoms with Gasteiger partial charge in [0.2, 0.25) is 5.91 Å². The van der Waals surface area contributed by atoms with Crippen molar-refractivity contribution in [3.8, 4) is 5.75 Å². The van der Waals surface area contributed by atoms with Crippen molar-refractivity contribution in [2.24, 2.45) is 0 Å². The number of methoxy groups -OCH3 is 1. The topological polar surface area (TPSA) is 101 Å². The fraction of sp³-hybridized carbons (Fsp3) is 0.231. The van der Waals surface area contributed by atoms with E-state index in [0.717, 1.165) is 4.90 Å². The summed E-state index contributed by atoms with van der Waals surface area (Å²) < 4.78 is 5.27. The Hall–Kier alpha value is -4.20. The molecule has 8 heteroatoms. The normalized spacial score (nSPS) is 11.8. The number of rotatable bonds is 6. The number of nitrogens with one attached hydrogen (secondary N) is 2. The molecular formula is C26H28N4O4. The summed E-state index contributed by atoms with van der Waals surface area (Å²) in [6.07, 6.45) is 2.99. The minimum atomic E-state index is -1.11. The zero-order valence-corrected chi connectivity index (χ0v) is 19.6. The lowest BCUT2D eigenvalue weighted by Crippen LogP contribution is -2.51. The molecule has 0 fully saturated rings. The lowest BCUT2D eigenvalue weighted by Gasteiger charge is -2.33. The van der Waals surface area contributed by atoms with Crippen LogP contribution in [0.2, 0.25) is 0 Å². The van der Waals surface area contributed by atoms with Crippen LogP contribution in [0, 0.1) is 0 Å². The van der Waals surface area contributed by atoms with Crippen molar-refractivity contribution in [1.29, 1.82) is 0 Å². The van der Waals surface area contributed by atoms with E-state index < -0.39 is 29.3 Å². The smallest absolute Gasteiger partial charge is 0.317 e. The summed E-state index contributed by atoms with van der Waals surface area (Å²) in [4.78, 5) is 45.5. The maximum Gasteiger partial charge on any atom is 0.317 e. The Morgan fingerprint density at radius 1 is 0.941 bits per heavy atom. The molecule has 1 aromatic heterocycles. The predicted molar refractivity (Wildman–Crippen MR) is 130 cm³/mol. The number of anilines is 2. The van der Waals surface area contributed by atoms with Crippen LogP contribution in [0.15, 0.2) is 79.1 Å². The zero-order chi connectivity index (χ0) is 24.7. The number of carbonyl (C=O) groups excluding carboxylic acids is 3. The second kappa shape index (κ2) is 10.6. The molecular weight excluding hydrogens is 432 g/mol. The molecule has 0 aliphatic carbocycles. The average molecular weight is 461 g/mol. The molecule has 0 aliphatic rings. The molecule has 176 valence electrons. The third kappa shape index (κ3) is 5.98. The van der Waals surface area contributed by atoms with Gasteiger partial charge in [-0.25, -0.2) is 0 Å². The molecule has 8 nitrogen and oxygen atoms in total. The van der Waals surface area contributed by atoms with Crippen LogP contribution < -0.4 is 20.3 Å². The average Bonchev–Trinajstić information content (AvgIpc) is 2.82. The Labute approximate surface area is 199 Å². The summed E-state index contributed by atoms with van der Waals surface area (Å²) >= 11 is 0. The van der Waals surface area contributed by atoms with Gasteiger partial charge >= 0.3 is 11.8 Å². The second-order valence-corrected chi connectivity index (χ2v) is 8.59. The highest BCUT2D eigenvalue weighted by Gasteiger charge is 2.37. The third-order valence-corrected chi connectivity index (χ3v) is 4.81. The molecule has 2 N–H and O–H groups in total. The van der Waals surface area contributed by atoms with Crippen LogP contribution in [0.5, 0.6) is 5.75 Å². The Bertz CT molecular complexity index is 1140. The first kappa shape index (κ1) is 24.4. The van der Waals surface area contributed by atoms with Crippen molar-refractivity contribution >= 4 is 29.1 Å². The largest absolute Gasteiger partial charge is 0.495 e. The summed E-state index contributed by atoms with van der Waals surface area (Å²) in [6, 6.07) is 17.7. The van der Waals surface area contributed by atoms with Gasteiger partial charge in [0.25, 0.3) is 0 Å². The molecule has 3 rings (SSSR count). The summed E-state index contributed by atoms with van der Waals surface area (Å²) in [5.74, 6) is -1.86. The Morgan fingerprint density at radius 2 is 1.62 bits per heavy atom. The number of carbonyl (C=O) groups is 3. The molecule has 0 radical (unpaired) electrons. The Kier molecular flexibility index (Phi) is 7.63. The van der Waals surface area contributed by atoms with E-state index in [1.54, 1.807) is 66.9 Å². The summed E-state index contributed by atoms with van der Waals surface area (Å²) in [6.45, 7) is 5.53. The van der Waals surface area contributed by atoms with Crippen LogP contribution in [-0.2, 0) is 14.4 Å². The van der Waals surface area contributed by atoms with Gasteiger partial charge < -0.3 is 15.4 Å². The number of pyridine rings is 1. The van der Waals surface area contributed by atoms with Gasteiger partial charge in [0.15, 0.2) is 0 Å². The summed E-state index contributed by atoms with van der Waals surface area (Å²) in [5, 5.41) is 5.52. The number of nitrogens with zero attached hydrogens (tertiary/aromatic N) is 2. The van der Waals surface area contributed by atoms with Crippen molar-refractivity contribution in [2.75, 3.05) is 17.3 Å². The summed E-state index contributed by atoms with van der Waals surface area (Å²) in [5.41, 5.74) is 0.630. The maximum atomic E-state index is 13.6. The number of benzene rings is 2. The SMILES string of the molecule is COc1ccccc1NC(=O)C(=O)N(c1cccnc1)[C@H](C(=O)NC(C)(C)C)c1ccccc1. The minimum absolute atomic E-state index is 0.306. The highest BCUT2D eigenvalue weighted by molar-refractivity contribution is 6.45. The van der Waals surface area contributed by atoms with E-state index in [4.69, 9.17) is 4.74 Å². The standard InChI is InChI=1S/C26H28N4O4/c1-26(2,3)29-23(31)22(18-11-6-5-7-12-18)30(19-13-10-16-27-17-19)25(33)24(32)28-20-14-8-9-15-21(20)34-4/h5-17,22H,1-4H3,(H,28,32)(H,29,31)/t22-/m0/s1. The van der Waals surface area contributed by atoms with Gasteiger partial charge in [0, 0.05) is 11.7 Å². The van der Waals surface area contributed by atoms with E-state index in [-0.39, 0.29) is 0 Å². The molecule has 3 aromatic rings. The minimum Gasteiger partial charge on any atom is -0.495 e. The highest BCUT2D eigenvalue weighted by atomic mass is 16.5. The van der Waals surface area contributed by atoms with Crippen LogP contribution in [0.4, 0.5) is 11.4 Å².